The van der Waals surface area contributed by atoms with Gasteiger partial charge < -0.3 is 16.0 Å². The maximum Gasteiger partial charge on any atom is 0.234 e. The van der Waals surface area contributed by atoms with Gasteiger partial charge in [0.1, 0.15) is 0 Å². The summed E-state index contributed by atoms with van der Waals surface area (Å²) in [5.41, 5.74) is 8.03. The highest BCUT2D eigenvalue weighted by Crippen LogP contribution is 2.31. The fourth-order valence-corrected chi connectivity index (χ4v) is 2.67. The maximum absolute atomic E-state index is 11.2. The molecule has 2 rings (SSSR count). The normalized spacial score (nSPS) is 19.7. The lowest BCUT2D eigenvalue weighted by molar-refractivity contribution is -0.120. The van der Waals surface area contributed by atoms with E-state index >= 15 is 0 Å². The Morgan fingerprint density at radius 3 is 2.94 bits per heavy atom. The molecule has 98 valence electrons. The first-order chi connectivity index (χ1) is 8.63. The van der Waals surface area contributed by atoms with Crippen molar-refractivity contribution in [3.8, 4) is 0 Å². The number of benzene rings is 1. The Morgan fingerprint density at radius 1 is 1.56 bits per heavy atom. The number of anilines is 1. The second-order valence-electron chi connectivity index (χ2n) is 4.91. The van der Waals surface area contributed by atoms with Crippen molar-refractivity contribution in [2.45, 2.75) is 31.8 Å². The van der Waals surface area contributed by atoms with Gasteiger partial charge in [0.2, 0.25) is 5.91 Å². The van der Waals surface area contributed by atoms with Crippen LogP contribution in [0, 0.1) is 0 Å². The number of para-hydroxylation sites is 1. The van der Waals surface area contributed by atoms with Crippen LogP contribution in [-0.2, 0) is 11.2 Å². The molecule has 1 aromatic rings. The van der Waals surface area contributed by atoms with Crippen LogP contribution >= 0.6 is 0 Å². The summed E-state index contributed by atoms with van der Waals surface area (Å²) in [7, 11) is 1.77. The molecule has 0 aromatic heterocycles. The number of nitrogens with two attached hydrogens (primary N) is 1. The molecular formula is C14H21N3O. The first-order valence-electron chi connectivity index (χ1n) is 6.44. The number of nitrogens with one attached hydrogen (secondary N) is 1. The minimum Gasteiger partial charge on any atom is -0.368 e. The van der Waals surface area contributed by atoms with E-state index in [1.54, 1.807) is 7.05 Å². The largest absolute Gasteiger partial charge is 0.368 e. The Hall–Kier alpha value is -1.55. The molecule has 0 saturated heterocycles. The zero-order valence-corrected chi connectivity index (χ0v) is 11.0. The average molecular weight is 247 g/mol. The lowest BCUT2D eigenvalue weighted by Gasteiger charge is -2.26. The number of nitrogens with zero attached hydrogens (tertiary/aromatic N) is 1. The number of carbonyl (C=O) groups is 1. The molecule has 3 N–H and O–H groups in total. The van der Waals surface area contributed by atoms with Gasteiger partial charge in [-0.25, -0.2) is 0 Å². The third-order valence-electron chi connectivity index (χ3n) is 3.70. The van der Waals surface area contributed by atoms with Crippen LogP contribution in [0.5, 0.6) is 0 Å². The zero-order valence-electron chi connectivity index (χ0n) is 11.0. The van der Waals surface area contributed by atoms with Gasteiger partial charge in [0.15, 0.2) is 0 Å². The Kier molecular flexibility index (Phi) is 3.87. The van der Waals surface area contributed by atoms with Crippen molar-refractivity contribution in [1.29, 1.82) is 0 Å². The Labute approximate surface area is 108 Å². The molecule has 1 aliphatic rings. The van der Waals surface area contributed by atoms with Crippen molar-refractivity contribution >= 4 is 11.6 Å². The quantitative estimate of drug-likeness (QED) is 0.813. The highest BCUT2D eigenvalue weighted by atomic mass is 16.1. The van der Waals surface area contributed by atoms with Crippen molar-refractivity contribution in [1.82, 2.24) is 5.32 Å². The third-order valence-corrected chi connectivity index (χ3v) is 3.70. The van der Waals surface area contributed by atoms with E-state index in [0.29, 0.717) is 6.04 Å². The van der Waals surface area contributed by atoms with E-state index in [1.165, 1.54) is 11.3 Å². The van der Waals surface area contributed by atoms with Gasteiger partial charge in [-0.05, 0) is 38.4 Å². The summed E-state index contributed by atoms with van der Waals surface area (Å²) >= 11 is 0. The van der Waals surface area contributed by atoms with Gasteiger partial charge in [0.05, 0.1) is 6.04 Å². The van der Waals surface area contributed by atoms with E-state index in [2.05, 4.69) is 41.4 Å². The third kappa shape index (κ3) is 2.48. The van der Waals surface area contributed by atoms with E-state index in [1.807, 2.05) is 0 Å². The number of likely N-dealkylation sites (N-methyl/N-ethyl adjacent to an activating group) is 1. The van der Waals surface area contributed by atoms with E-state index in [4.69, 9.17) is 5.73 Å². The van der Waals surface area contributed by atoms with Crippen LogP contribution in [0.25, 0.3) is 0 Å². The summed E-state index contributed by atoms with van der Waals surface area (Å²) in [6.45, 7) is 3.07. The van der Waals surface area contributed by atoms with E-state index in [0.717, 1.165) is 19.4 Å². The minimum atomic E-state index is -0.280. The Morgan fingerprint density at radius 2 is 2.28 bits per heavy atom. The molecule has 0 radical (unpaired) electrons. The van der Waals surface area contributed by atoms with Crippen LogP contribution in [0.2, 0.25) is 0 Å². The summed E-state index contributed by atoms with van der Waals surface area (Å²) in [6.07, 6.45) is 1.82. The lowest BCUT2D eigenvalue weighted by atomic mass is 10.1. The molecule has 4 heteroatoms. The second kappa shape index (κ2) is 5.40. The minimum absolute atomic E-state index is 0.245. The van der Waals surface area contributed by atoms with Gasteiger partial charge in [-0.2, -0.15) is 0 Å². The second-order valence-corrected chi connectivity index (χ2v) is 4.91. The summed E-state index contributed by atoms with van der Waals surface area (Å²) < 4.78 is 0. The molecule has 1 aliphatic heterocycles. The predicted molar refractivity (Wildman–Crippen MR) is 73.6 cm³/mol. The number of amides is 1. The molecule has 0 saturated carbocycles. The number of hydrogen-bond donors (Lipinski definition) is 2. The number of primary amides is 1. The van der Waals surface area contributed by atoms with Crippen molar-refractivity contribution in [3.05, 3.63) is 29.8 Å². The first kappa shape index (κ1) is 12.9. The molecule has 4 nitrogen and oxygen atoms in total. The molecule has 0 spiro atoms. The molecule has 18 heavy (non-hydrogen) atoms. The zero-order chi connectivity index (χ0) is 13.1. The molecule has 2 unspecified atom stereocenters. The van der Waals surface area contributed by atoms with Crippen molar-refractivity contribution in [3.63, 3.8) is 0 Å². The fourth-order valence-electron chi connectivity index (χ4n) is 2.67. The van der Waals surface area contributed by atoms with Gasteiger partial charge in [-0.3, -0.25) is 4.79 Å². The molecular weight excluding hydrogens is 226 g/mol. The van der Waals surface area contributed by atoms with Crippen LogP contribution in [-0.4, -0.2) is 31.6 Å². The van der Waals surface area contributed by atoms with Crippen molar-refractivity contribution in [2.24, 2.45) is 5.73 Å². The summed E-state index contributed by atoms with van der Waals surface area (Å²) in [5.74, 6) is -0.280. The predicted octanol–water partition coefficient (Wildman–Crippen LogP) is 0.901. The topological polar surface area (TPSA) is 58.4 Å². The van der Waals surface area contributed by atoms with Gasteiger partial charge in [-0.15, -0.1) is 0 Å². The highest BCUT2D eigenvalue weighted by molar-refractivity contribution is 5.79. The molecule has 1 amide bonds. The van der Waals surface area contributed by atoms with E-state index < -0.39 is 0 Å². The smallest absolute Gasteiger partial charge is 0.234 e. The Balaban J connectivity index is 2.04. The van der Waals surface area contributed by atoms with Crippen LogP contribution in [0.4, 0.5) is 5.69 Å². The number of hydrogen-bond acceptors (Lipinski definition) is 3. The highest BCUT2D eigenvalue weighted by Gasteiger charge is 2.26. The van der Waals surface area contributed by atoms with Crippen molar-refractivity contribution in [2.75, 3.05) is 18.5 Å². The fraction of sp³-hybridized carbons (Fsp3) is 0.500. The molecule has 1 heterocycles. The van der Waals surface area contributed by atoms with E-state index in [9.17, 15) is 4.79 Å². The summed E-state index contributed by atoms with van der Waals surface area (Å²) in [5, 5.41) is 2.96. The van der Waals surface area contributed by atoms with Gasteiger partial charge in [0, 0.05) is 18.3 Å². The first-order valence-corrected chi connectivity index (χ1v) is 6.44. The summed E-state index contributed by atoms with van der Waals surface area (Å²) in [4.78, 5) is 13.6. The standard InChI is InChI=1S/C14H21N3O/c1-10-9-11-5-3-4-6-13(11)17(10)8-7-12(16-2)14(15)18/h3-6,10,12,16H,7-9H2,1-2H3,(H2,15,18). The molecule has 0 bridgehead atoms. The number of carbonyl (C=O) groups excluding carboxylic acids is 1. The molecule has 1 aromatic carbocycles. The monoisotopic (exact) mass is 247 g/mol. The van der Waals surface area contributed by atoms with Gasteiger partial charge in [0.25, 0.3) is 0 Å². The maximum atomic E-state index is 11.2. The SMILES string of the molecule is CNC(CCN1c2ccccc2CC1C)C(N)=O. The van der Waals surface area contributed by atoms with Crippen LogP contribution in [0.3, 0.4) is 0 Å². The van der Waals surface area contributed by atoms with Crippen LogP contribution in [0.15, 0.2) is 24.3 Å². The Bertz CT molecular complexity index is 433. The summed E-state index contributed by atoms with van der Waals surface area (Å²) in [6, 6.07) is 8.72. The molecule has 0 fully saturated rings. The van der Waals surface area contributed by atoms with Crippen molar-refractivity contribution < 1.29 is 4.79 Å². The molecule has 2 atom stereocenters. The van der Waals surface area contributed by atoms with Gasteiger partial charge >= 0.3 is 0 Å². The number of rotatable bonds is 5. The average Bonchev–Trinajstić information content (AvgIpc) is 2.66. The molecule has 0 aliphatic carbocycles. The van der Waals surface area contributed by atoms with Crippen LogP contribution < -0.4 is 16.0 Å². The van der Waals surface area contributed by atoms with E-state index in [-0.39, 0.29) is 11.9 Å². The lowest BCUT2D eigenvalue weighted by Crippen LogP contribution is -2.42. The number of fused-ring (bicyclic) bond motifs is 1. The van der Waals surface area contributed by atoms with Crippen LogP contribution in [0.1, 0.15) is 18.9 Å². The van der Waals surface area contributed by atoms with Gasteiger partial charge in [-0.1, -0.05) is 18.2 Å².